The van der Waals surface area contributed by atoms with Gasteiger partial charge in [-0.25, -0.2) is 8.42 Å². The summed E-state index contributed by atoms with van der Waals surface area (Å²) in [6.07, 6.45) is 7.03. The Labute approximate surface area is 254 Å². The van der Waals surface area contributed by atoms with Crippen LogP contribution in [0.25, 0.3) is 0 Å². The van der Waals surface area contributed by atoms with E-state index in [9.17, 15) is 18.0 Å². The standard InChI is InChI=1S/C33H40ClN3O4S/c1-3-26-16-11-13-21-30(26)37(42(2,40)41)24-32(38)36(23-27-17-10-12-20-29(27)34)31(22-25-14-6-4-7-15-25)33(39)35-28-18-8-5-9-19-28/h4,6-7,10-17,20-21,28,31H,3,5,8-9,18-19,22-24H2,1-2H3,(H,35,39). The molecule has 1 unspecified atom stereocenters. The average molecular weight is 610 g/mol. The number of aryl methyl sites for hydroxylation is 1. The molecular weight excluding hydrogens is 570 g/mol. The topological polar surface area (TPSA) is 86.8 Å². The van der Waals surface area contributed by atoms with Crippen molar-refractivity contribution in [3.63, 3.8) is 0 Å². The van der Waals surface area contributed by atoms with Gasteiger partial charge in [-0.1, -0.05) is 105 Å². The second-order valence-corrected chi connectivity index (χ2v) is 13.2. The van der Waals surface area contributed by atoms with E-state index in [4.69, 9.17) is 11.6 Å². The van der Waals surface area contributed by atoms with Gasteiger partial charge in [-0.05, 0) is 48.1 Å². The third-order valence-corrected chi connectivity index (χ3v) is 9.34. The number of carbonyl (C=O) groups excluding carboxylic acids is 2. The molecule has 3 aromatic carbocycles. The van der Waals surface area contributed by atoms with E-state index in [1.807, 2.05) is 67.6 Å². The van der Waals surface area contributed by atoms with Crippen LogP contribution in [-0.4, -0.2) is 50.0 Å². The fourth-order valence-corrected chi connectivity index (χ4v) is 6.63. The zero-order valence-corrected chi connectivity index (χ0v) is 25.9. The Morgan fingerprint density at radius 1 is 0.905 bits per heavy atom. The highest BCUT2D eigenvalue weighted by molar-refractivity contribution is 7.92. The molecule has 42 heavy (non-hydrogen) atoms. The largest absolute Gasteiger partial charge is 0.352 e. The Balaban J connectivity index is 1.75. The van der Waals surface area contributed by atoms with E-state index >= 15 is 0 Å². The molecule has 0 spiro atoms. The quantitative estimate of drug-likeness (QED) is 0.283. The van der Waals surface area contributed by atoms with Crippen LogP contribution in [0, 0.1) is 0 Å². The lowest BCUT2D eigenvalue weighted by atomic mass is 9.94. The second kappa shape index (κ2) is 14.7. The Morgan fingerprint density at radius 3 is 2.17 bits per heavy atom. The minimum absolute atomic E-state index is 0.0470. The van der Waals surface area contributed by atoms with Gasteiger partial charge in [0, 0.05) is 24.0 Å². The van der Waals surface area contributed by atoms with Crippen LogP contribution in [0.4, 0.5) is 5.69 Å². The predicted octanol–water partition coefficient (Wildman–Crippen LogP) is 5.76. The summed E-state index contributed by atoms with van der Waals surface area (Å²) in [6, 6.07) is 23.1. The number of anilines is 1. The van der Waals surface area contributed by atoms with Gasteiger partial charge in [0.05, 0.1) is 11.9 Å². The molecule has 0 bridgehead atoms. The maximum atomic E-state index is 14.3. The molecule has 0 heterocycles. The van der Waals surface area contributed by atoms with Gasteiger partial charge in [0.2, 0.25) is 21.8 Å². The number of hydrogen-bond donors (Lipinski definition) is 1. The first kappa shape index (κ1) is 31.6. The van der Waals surface area contributed by atoms with Crippen molar-refractivity contribution in [3.05, 3.63) is 101 Å². The summed E-state index contributed by atoms with van der Waals surface area (Å²) >= 11 is 6.54. The highest BCUT2D eigenvalue weighted by Crippen LogP contribution is 2.26. The monoisotopic (exact) mass is 609 g/mol. The van der Waals surface area contributed by atoms with Crippen LogP contribution in [0.2, 0.25) is 5.02 Å². The van der Waals surface area contributed by atoms with Gasteiger partial charge in [-0.15, -0.1) is 0 Å². The Morgan fingerprint density at radius 2 is 1.52 bits per heavy atom. The number of hydrogen-bond acceptors (Lipinski definition) is 4. The molecule has 1 saturated carbocycles. The van der Waals surface area contributed by atoms with Crippen LogP contribution in [0.5, 0.6) is 0 Å². The average Bonchev–Trinajstić information content (AvgIpc) is 2.99. The third kappa shape index (κ3) is 8.35. The molecule has 9 heteroatoms. The first-order valence-electron chi connectivity index (χ1n) is 14.6. The molecule has 2 amide bonds. The van der Waals surface area contributed by atoms with Gasteiger partial charge in [0.15, 0.2) is 0 Å². The Bertz CT molecular complexity index is 1460. The summed E-state index contributed by atoms with van der Waals surface area (Å²) in [7, 11) is -3.83. The molecule has 4 rings (SSSR count). The molecule has 1 aliphatic rings. The van der Waals surface area contributed by atoms with Crippen LogP contribution in [0.1, 0.15) is 55.7 Å². The van der Waals surface area contributed by atoms with Gasteiger partial charge in [-0.2, -0.15) is 0 Å². The summed E-state index contributed by atoms with van der Waals surface area (Å²) < 4.78 is 27.3. The van der Waals surface area contributed by atoms with Gasteiger partial charge in [0.1, 0.15) is 12.6 Å². The molecule has 3 aromatic rings. The molecular formula is C33H40ClN3O4S. The summed E-state index contributed by atoms with van der Waals surface area (Å²) in [5.41, 5.74) is 2.84. The molecule has 0 aromatic heterocycles. The number of nitrogens with zero attached hydrogens (tertiary/aromatic N) is 2. The van der Waals surface area contributed by atoms with Crippen molar-refractivity contribution in [2.24, 2.45) is 0 Å². The fraction of sp³-hybridized carbons (Fsp3) is 0.394. The number of para-hydroxylation sites is 1. The molecule has 1 atom stereocenters. The molecule has 0 aliphatic heterocycles. The van der Waals surface area contributed by atoms with Crippen molar-refractivity contribution in [2.45, 2.75) is 70.5 Å². The van der Waals surface area contributed by atoms with Crippen LogP contribution >= 0.6 is 11.6 Å². The molecule has 1 N–H and O–H groups in total. The number of amides is 2. The van der Waals surface area contributed by atoms with Gasteiger partial charge in [-0.3, -0.25) is 13.9 Å². The maximum Gasteiger partial charge on any atom is 0.244 e. The van der Waals surface area contributed by atoms with Crippen molar-refractivity contribution in [1.29, 1.82) is 0 Å². The summed E-state index contributed by atoms with van der Waals surface area (Å²) in [5.74, 6) is -0.725. The van der Waals surface area contributed by atoms with E-state index in [-0.39, 0.29) is 24.9 Å². The highest BCUT2D eigenvalue weighted by Gasteiger charge is 2.34. The number of benzene rings is 3. The van der Waals surface area contributed by atoms with E-state index in [0.29, 0.717) is 22.7 Å². The second-order valence-electron chi connectivity index (χ2n) is 10.9. The molecule has 7 nitrogen and oxygen atoms in total. The van der Waals surface area contributed by atoms with E-state index in [1.165, 1.54) is 4.90 Å². The first-order valence-corrected chi connectivity index (χ1v) is 16.8. The smallest absolute Gasteiger partial charge is 0.244 e. The lowest BCUT2D eigenvalue weighted by Crippen LogP contribution is -2.55. The minimum atomic E-state index is -3.83. The van der Waals surface area contributed by atoms with Crippen LogP contribution < -0.4 is 9.62 Å². The molecule has 224 valence electrons. The lowest BCUT2D eigenvalue weighted by Gasteiger charge is -2.35. The van der Waals surface area contributed by atoms with E-state index < -0.39 is 28.5 Å². The molecule has 1 fully saturated rings. The summed E-state index contributed by atoms with van der Waals surface area (Å²) in [6.45, 7) is 1.56. The molecule has 1 aliphatic carbocycles. The van der Waals surface area contributed by atoms with E-state index in [1.54, 1.807) is 18.2 Å². The van der Waals surface area contributed by atoms with E-state index in [0.717, 1.165) is 53.8 Å². The van der Waals surface area contributed by atoms with Crippen molar-refractivity contribution in [3.8, 4) is 0 Å². The van der Waals surface area contributed by atoms with Crippen LogP contribution in [0.3, 0.4) is 0 Å². The van der Waals surface area contributed by atoms with E-state index in [2.05, 4.69) is 5.32 Å². The van der Waals surface area contributed by atoms with Crippen molar-refractivity contribution in [1.82, 2.24) is 10.2 Å². The van der Waals surface area contributed by atoms with Gasteiger partial charge >= 0.3 is 0 Å². The highest BCUT2D eigenvalue weighted by atomic mass is 35.5. The Hall–Kier alpha value is -3.36. The number of sulfonamides is 1. The normalized spacial score (nSPS) is 14.6. The van der Waals surface area contributed by atoms with Crippen LogP contribution in [-0.2, 0) is 39.0 Å². The number of rotatable bonds is 12. The zero-order chi connectivity index (χ0) is 30.1. The number of nitrogens with one attached hydrogen (secondary N) is 1. The zero-order valence-electron chi connectivity index (χ0n) is 24.3. The summed E-state index contributed by atoms with van der Waals surface area (Å²) in [4.78, 5) is 29.8. The Kier molecular flexibility index (Phi) is 11.0. The lowest BCUT2D eigenvalue weighted by molar-refractivity contribution is -0.140. The molecule has 0 radical (unpaired) electrons. The SMILES string of the molecule is CCc1ccccc1N(CC(=O)N(Cc1ccccc1Cl)C(Cc1ccccc1)C(=O)NC1CCCCC1)S(C)(=O)=O. The fourth-order valence-electron chi connectivity index (χ4n) is 5.56. The predicted molar refractivity (Wildman–Crippen MR) is 169 cm³/mol. The summed E-state index contributed by atoms with van der Waals surface area (Å²) in [5, 5.41) is 3.68. The van der Waals surface area contributed by atoms with Crippen molar-refractivity contribution in [2.75, 3.05) is 17.1 Å². The number of halogens is 1. The van der Waals surface area contributed by atoms with Crippen LogP contribution in [0.15, 0.2) is 78.9 Å². The minimum Gasteiger partial charge on any atom is -0.352 e. The van der Waals surface area contributed by atoms with Gasteiger partial charge in [0.25, 0.3) is 0 Å². The maximum absolute atomic E-state index is 14.3. The van der Waals surface area contributed by atoms with Crippen molar-refractivity contribution >= 4 is 39.1 Å². The number of carbonyl (C=O) groups is 2. The first-order chi connectivity index (χ1) is 20.2. The molecule has 0 saturated heterocycles. The van der Waals surface area contributed by atoms with Crippen molar-refractivity contribution < 1.29 is 18.0 Å². The third-order valence-electron chi connectivity index (χ3n) is 7.84. The van der Waals surface area contributed by atoms with Gasteiger partial charge < -0.3 is 10.2 Å².